The monoisotopic (exact) mass is 229 g/mol. The van der Waals surface area contributed by atoms with Gasteiger partial charge in [0.15, 0.2) is 0 Å². The molecule has 0 N–H and O–H groups in total. The van der Waals surface area contributed by atoms with Gasteiger partial charge in [0.05, 0.1) is 11.6 Å². The molecule has 1 heterocycles. The molecule has 3 heteroatoms. The van der Waals surface area contributed by atoms with Crippen molar-refractivity contribution in [2.45, 2.75) is 44.2 Å². The normalized spacial score (nSPS) is 24.2. The molecule has 0 saturated heterocycles. The minimum atomic E-state index is -0.264. The third kappa shape index (κ3) is 1.77. The van der Waals surface area contributed by atoms with E-state index in [0.29, 0.717) is 6.10 Å². The first-order chi connectivity index (χ1) is 8.23. The Balaban J connectivity index is 1.96. The molecule has 3 nitrogen and oxygen atoms in total. The van der Waals surface area contributed by atoms with Crippen molar-refractivity contribution < 1.29 is 9.53 Å². The van der Waals surface area contributed by atoms with E-state index in [4.69, 9.17) is 4.74 Å². The van der Waals surface area contributed by atoms with Gasteiger partial charge in [-0.15, -0.1) is 0 Å². The summed E-state index contributed by atoms with van der Waals surface area (Å²) in [6.45, 7) is 2.09. The largest absolute Gasteiger partial charge is 0.490 e. The summed E-state index contributed by atoms with van der Waals surface area (Å²) in [4.78, 5) is 14.4. The molecule has 0 aromatic heterocycles. The zero-order chi connectivity index (χ0) is 11.9. The molecule has 0 radical (unpaired) electrons. The first kappa shape index (κ1) is 10.5. The van der Waals surface area contributed by atoms with E-state index in [1.165, 1.54) is 5.56 Å². The highest BCUT2D eigenvalue weighted by Crippen LogP contribution is 2.50. The number of isocyanates is 1. The van der Waals surface area contributed by atoms with Crippen LogP contribution >= 0.6 is 0 Å². The van der Waals surface area contributed by atoms with Crippen LogP contribution in [0.2, 0.25) is 0 Å². The van der Waals surface area contributed by atoms with E-state index in [1.807, 2.05) is 12.1 Å². The molecule has 3 rings (SSSR count). The molecular formula is C14H15NO2. The van der Waals surface area contributed by atoms with E-state index in [2.05, 4.69) is 18.0 Å². The van der Waals surface area contributed by atoms with Crippen LogP contribution < -0.4 is 4.74 Å². The summed E-state index contributed by atoms with van der Waals surface area (Å²) in [5.41, 5.74) is 2.12. The summed E-state index contributed by atoms with van der Waals surface area (Å²) in [5, 5.41) is 0. The molecule has 1 aliphatic heterocycles. The van der Waals surface area contributed by atoms with Gasteiger partial charge in [-0.25, -0.2) is 4.79 Å². The van der Waals surface area contributed by atoms with Crippen molar-refractivity contribution in [2.75, 3.05) is 0 Å². The Hall–Kier alpha value is -1.60. The summed E-state index contributed by atoms with van der Waals surface area (Å²) in [6.07, 6.45) is 6.02. The molecule has 0 amide bonds. The summed E-state index contributed by atoms with van der Waals surface area (Å²) in [6, 6.07) is 6.19. The highest BCUT2D eigenvalue weighted by atomic mass is 16.5. The molecule has 2 aliphatic rings. The van der Waals surface area contributed by atoms with E-state index < -0.39 is 0 Å². The van der Waals surface area contributed by atoms with Crippen LogP contribution in [0, 0.1) is 0 Å². The molecule has 0 spiro atoms. The molecule has 1 aromatic carbocycles. The lowest BCUT2D eigenvalue weighted by molar-refractivity contribution is 0.192. The van der Waals surface area contributed by atoms with Crippen molar-refractivity contribution in [3.05, 3.63) is 29.3 Å². The van der Waals surface area contributed by atoms with Crippen molar-refractivity contribution >= 4 is 6.08 Å². The van der Waals surface area contributed by atoms with Crippen molar-refractivity contribution in [3.8, 4) is 5.75 Å². The fraction of sp³-hybridized carbons (Fsp3) is 0.500. The molecule has 1 saturated carbocycles. The van der Waals surface area contributed by atoms with Gasteiger partial charge >= 0.3 is 0 Å². The van der Waals surface area contributed by atoms with Gasteiger partial charge in [0.25, 0.3) is 0 Å². The van der Waals surface area contributed by atoms with E-state index in [-0.39, 0.29) is 5.54 Å². The summed E-state index contributed by atoms with van der Waals surface area (Å²) < 4.78 is 5.77. The number of hydrogen-bond acceptors (Lipinski definition) is 3. The Morgan fingerprint density at radius 1 is 1.47 bits per heavy atom. The van der Waals surface area contributed by atoms with E-state index in [1.54, 1.807) is 6.08 Å². The first-order valence-electron chi connectivity index (χ1n) is 6.13. The molecular weight excluding hydrogens is 214 g/mol. The fourth-order valence-corrected chi connectivity index (χ4v) is 2.48. The van der Waals surface area contributed by atoms with Gasteiger partial charge in [-0.1, -0.05) is 6.07 Å². The second kappa shape index (κ2) is 3.71. The number of rotatable bonds is 2. The average Bonchev–Trinajstić information content (AvgIpc) is 3.10. The maximum atomic E-state index is 10.4. The van der Waals surface area contributed by atoms with Crippen LogP contribution in [0.3, 0.4) is 0 Å². The lowest BCUT2D eigenvalue weighted by atomic mass is 9.97. The van der Waals surface area contributed by atoms with Crippen LogP contribution in [0.5, 0.6) is 5.75 Å². The second-order valence-corrected chi connectivity index (χ2v) is 5.02. The highest BCUT2D eigenvalue weighted by molar-refractivity contribution is 5.46. The SMILES string of the molecule is CC1CCc2cc(C3(N=C=O)CC3)ccc2O1. The summed E-state index contributed by atoms with van der Waals surface area (Å²) >= 11 is 0. The molecule has 17 heavy (non-hydrogen) atoms. The van der Waals surface area contributed by atoms with Crippen LogP contribution in [0.15, 0.2) is 23.2 Å². The molecule has 1 fully saturated rings. The van der Waals surface area contributed by atoms with Gasteiger partial charge in [0.2, 0.25) is 6.08 Å². The number of carbonyl (C=O) groups excluding carboxylic acids is 1. The number of fused-ring (bicyclic) bond motifs is 1. The minimum absolute atomic E-state index is 0.264. The van der Waals surface area contributed by atoms with Crippen LogP contribution in [-0.2, 0) is 16.8 Å². The molecule has 1 atom stereocenters. The molecule has 1 aromatic rings. The maximum absolute atomic E-state index is 10.4. The van der Waals surface area contributed by atoms with Gasteiger partial charge in [-0.3, -0.25) is 0 Å². The van der Waals surface area contributed by atoms with Crippen LogP contribution in [0.25, 0.3) is 0 Å². The van der Waals surface area contributed by atoms with Gasteiger partial charge in [0.1, 0.15) is 5.75 Å². The number of hydrogen-bond donors (Lipinski definition) is 0. The first-order valence-corrected chi connectivity index (χ1v) is 6.13. The fourth-order valence-electron chi connectivity index (χ4n) is 2.48. The second-order valence-electron chi connectivity index (χ2n) is 5.02. The van der Waals surface area contributed by atoms with E-state index in [0.717, 1.165) is 37.0 Å². The standard InChI is InChI=1S/C14H15NO2/c1-10-2-3-11-8-12(4-5-13(11)17-10)14(6-7-14)15-9-16/h4-5,8,10H,2-3,6-7H2,1H3. The smallest absolute Gasteiger partial charge is 0.235 e. The molecule has 1 unspecified atom stereocenters. The zero-order valence-electron chi connectivity index (χ0n) is 9.90. The van der Waals surface area contributed by atoms with Crippen molar-refractivity contribution in [3.63, 3.8) is 0 Å². The number of ether oxygens (including phenoxy) is 1. The Bertz CT molecular complexity index is 499. The lowest BCUT2D eigenvalue weighted by Gasteiger charge is -2.24. The minimum Gasteiger partial charge on any atom is -0.490 e. The highest BCUT2D eigenvalue weighted by Gasteiger charge is 2.45. The van der Waals surface area contributed by atoms with Crippen molar-refractivity contribution in [1.29, 1.82) is 0 Å². The van der Waals surface area contributed by atoms with Gasteiger partial charge < -0.3 is 4.74 Å². The van der Waals surface area contributed by atoms with Crippen molar-refractivity contribution in [2.24, 2.45) is 4.99 Å². The average molecular weight is 229 g/mol. The quantitative estimate of drug-likeness (QED) is 0.577. The Morgan fingerprint density at radius 3 is 3.00 bits per heavy atom. The molecule has 88 valence electrons. The van der Waals surface area contributed by atoms with Crippen molar-refractivity contribution in [1.82, 2.24) is 0 Å². The third-order valence-corrected chi connectivity index (χ3v) is 3.73. The maximum Gasteiger partial charge on any atom is 0.235 e. The van der Waals surface area contributed by atoms with Crippen LogP contribution in [0.1, 0.15) is 37.3 Å². The Morgan fingerprint density at radius 2 is 2.29 bits per heavy atom. The summed E-state index contributed by atoms with van der Waals surface area (Å²) in [5.74, 6) is 0.985. The topological polar surface area (TPSA) is 38.7 Å². The van der Waals surface area contributed by atoms with Gasteiger partial charge in [0, 0.05) is 0 Å². The number of nitrogens with zero attached hydrogens (tertiary/aromatic N) is 1. The number of aryl methyl sites for hydroxylation is 1. The van der Waals surface area contributed by atoms with E-state index >= 15 is 0 Å². The Labute approximate surface area is 101 Å². The zero-order valence-corrected chi connectivity index (χ0v) is 9.90. The van der Waals surface area contributed by atoms with Crippen LogP contribution in [-0.4, -0.2) is 12.2 Å². The van der Waals surface area contributed by atoms with Gasteiger partial charge in [-0.2, -0.15) is 4.99 Å². The predicted molar refractivity (Wildman–Crippen MR) is 63.9 cm³/mol. The summed E-state index contributed by atoms with van der Waals surface area (Å²) in [7, 11) is 0. The molecule has 0 bridgehead atoms. The van der Waals surface area contributed by atoms with Gasteiger partial charge in [-0.05, 0) is 55.9 Å². The third-order valence-electron chi connectivity index (χ3n) is 3.73. The van der Waals surface area contributed by atoms with E-state index in [9.17, 15) is 4.79 Å². The lowest BCUT2D eigenvalue weighted by Crippen LogP contribution is -2.19. The number of benzene rings is 1. The number of aliphatic imine (C=N–C) groups is 1. The predicted octanol–water partition coefficient (Wildman–Crippen LogP) is 2.73. The molecule has 1 aliphatic carbocycles. The Kier molecular flexibility index (Phi) is 2.30. The van der Waals surface area contributed by atoms with Crippen LogP contribution in [0.4, 0.5) is 0 Å².